The molecule has 2 fully saturated rings. The van der Waals surface area contributed by atoms with Crippen molar-refractivity contribution >= 4 is 11.9 Å². The van der Waals surface area contributed by atoms with Crippen molar-refractivity contribution in [2.45, 2.75) is 45.1 Å². The molecule has 1 unspecified atom stereocenters. The number of hydrogen-bond acceptors (Lipinski definition) is 3. The average Bonchev–Trinajstić information content (AvgIpc) is 3.54. The molecule has 3 rings (SSSR count). The van der Waals surface area contributed by atoms with Gasteiger partial charge in [0, 0.05) is 20.1 Å². The molecule has 1 saturated carbocycles. The Hall–Kier alpha value is -2.31. The lowest BCUT2D eigenvalue weighted by molar-refractivity contribution is -0.130. The van der Waals surface area contributed by atoms with Gasteiger partial charge in [0.15, 0.2) is 17.5 Å². The van der Waals surface area contributed by atoms with Crippen molar-refractivity contribution in [3.8, 4) is 5.75 Å². The Kier molecular flexibility index (Phi) is 7.12. The number of piperidine rings is 1. The number of ether oxygens (including phenoxy) is 1. The molecule has 7 heteroatoms. The first-order chi connectivity index (χ1) is 13.6. The van der Waals surface area contributed by atoms with Gasteiger partial charge in [0.2, 0.25) is 5.91 Å². The quantitative estimate of drug-likeness (QED) is 0.555. The standard InChI is InChI=1S/C21H31FN4O2/c1-15(17-8-9-19(18(22)12-17)28-14-16-6-7-16)25-21(23-2)24-13-20(27)26-10-4-3-5-11-26/h8-9,12,15-16H,3-7,10-11,13-14H2,1-2H3,(H2,23,24,25). The second kappa shape index (κ2) is 9.75. The first-order valence-corrected chi connectivity index (χ1v) is 10.2. The normalized spacial score (nSPS) is 18.5. The van der Waals surface area contributed by atoms with Gasteiger partial charge < -0.3 is 20.3 Å². The molecular formula is C21H31FN4O2. The molecule has 1 heterocycles. The van der Waals surface area contributed by atoms with Crippen molar-refractivity contribution in [3.63, 3.8) is 0 Å². The average molecular weight is 391 g/mol. The predicted octanol–water partition coefficient (Wildman–Crippen LogP) is 2.85. The number of carbonyl (C=O) groups is 1. The molecule has 154 valence electrons. The molecule has 1 amide bonds. The Bertz CT molecular complexity index is 700. The Balaban J connectivity index is 1.49. The van der Waals surface area contributed by atoms with E-state index in [1.807, 2.05) is 17.9 Å². The van der Waals surface area contributed by atoms with Crippen LogP contribution in [0.3, 0.4) is 0 Å². The fourth-order valence-electron chi connectivity index (χ4n) is 3.29. The maximum Gasteiger partial charge on any atom is 0.241 e. The van der Waals surface area contributed by atoms with E-state index in [9.17, 15) is 9.18 Å². The first-order valence-electron chi connectivity index (χ1n) is 10.2. The van der Waals surface area contributed by atoms with E-state index in [1.54, 1.807) is 13.1 Å². The topological polar surface area (TPSA) is 66.0 Å². The van der Waals surface area contributed by atoms with Crippen LogP contribution in [0.1, 0.15) is 50.6 Å². The number of hydrogen-bond donors (Lipinski definition) is 2. The summed E-state index contributed by atoms with van der Waals surface area (Å²) in [5.74, 6) is 1.14. The summed E-state index contributed by atoms with van der Waals surface area (Å²) in [6, 6.07) is 4.87. The zero-order valence-corrected chi connectivity index (χ0v) is 16.8. The zero-order valence-electron chi connectivity index (χ0n) is 16.8. The molecule has 1 aromatic rings. The van der Waals surface area contributed by atoms with Gasteiger partial charge in [0.1, 0.15) is 0 Å². The van der Waals surface area contributed by atoms with Crippen LogP contribution in [0.4, 0.5) is 4.39 Å². The van der Waals surface area contributed by atoms with E-state index in [-0.39, 0.29) is 24.3 Å². The van der Waals surface area contributed by atoms with E-state index in [2.05, 4.69) is 15.6 Å². The Morgan fingerprint density at radius 3 is 2.71 bits per heavy atom. The van der Waals surface area contributed by atoms with Crippen molar-refractivity contribution < 1.29 is 13.9 Å². The van der Waals surface area contributed by atoms with Crippen molar-refractivity contribution in [2.75, 3.05) is 33.3 Å². The molecule has 1 aromatic carbocycles. The number of guanidine groups is 1. The van der Waals surface area contributed by atoms with E-state index in [4.69, 9.17) is 4.74 Å². The van der Waals surface area contributed by atoms with Crippen molar-refractivity contribution in [1.29, 1.82) is 0 Å². The van der Waals surface area contributed by atoms with Crippen molar-refractivity contribution in [1.82, 2.24) is 15.5 Å². The number of benzene rings is 1. The Morgan fingerprint density at radius 1 is 1.32 bits per heavy atom. The van der Waals surface area contributed by atoms with Gasteiger partial charge >= 0.3 is 0 Å². The van der Waals surface area contributed by atoms with Gasteiger partial charge in [0.05, 0.1) is 19.2 Å². The molecule has 2 aliphatic rings. The monoisotopic (exact) mass is 390 g/mol. The molecule has 1 aliphatic heterocycles. The maximum absolute atomic E-state index is 14.3. The Morgan fingerprint density at radius 2 is 2.07 bits per heavy atom. The summed E-state index contributed by atoms with van der Waals surface area (Å²) in [6.45, 7) is 4.38. The minimum Gasteiger partial charge on any atom is -0.490 e. The third kappa shape index (κ3) is 5.84. The molecule has 6 nitrogen and oxygen atoms in total. The molecule has 1 saturated heterocycles. The largest absolute Gasteiger partial charge is 0.490 e. The van der Waals surface area contributed by atoms with Gasteiger partial charge in [-0.1, -0.05) is 6.07 Å². The highest BCUT2D eigenvalue weighted by atomic mass is 19.1. The molecule has 2 N–H and O–H groups in total. The van der Waals surface area contributed by atoms with Crippen LogP contribution < -0.4 is 15.4 Å². The smallest absolute Gasteiger partial charge is 0.241 e. The molecule has 1 aliphatic carbocycles. The van der Waals surface area contributed by atoms with Crippen LogP contribution in [0.2, 0.25) is 0 Å². The number of nitrogens with one attached hydrogen (secondary N) is 2. The van der Waals surface area contributed by atoms with E-state index < -0.39 is 0 Å². The number of likely N-dealkylation sites (tertiary alicyclic amines) is 1. The second-order valence-corrected chi connectivity index (χ2v) is 7.68. The summed E-state index contributed by atoms with van der Waals surface area (Å²) in [7, 11) is 1.66. The van der Waals surface area contributed by atoms with E-state index in [0.717, 1.165) is 31.5 Å². The number of aliphatic imine (C=N–C) groups is 1. The highest BCUT2D eigenvalue weighted by Crippen LogP contribution is 2.30. The number of nitrogens with zero attached hydrogens (tertiary/aromatic N) is 2. The number of halogens is 1. The highest BCUT2D eigenvalue weighted by molar-refractivity contribution is 5.86. The van der Waals surface area contributed by atoms with E-state index in [0.29, 0.717) is 24.2 Å². The summed E-state index contributed by atoms with van der Waals surface area (Å²) in [4.78, 5) is 18.4. The predicted molar refractivity (Wildman–Crippen MR) is 108 cm³/mol. The lowest BCUT2D eigenvalue weighted by Gasteiger charge is -2.27. The Labute approximate surface area is 166 Å². The minimum absolute atomic E-state index is 0.0820. The lowest BCUT2D eigenvalue weighted by atomic mass is 10.1. The fraction of sp³-hybridized carbons (Fsp3) is 0.619. The van der Waals surface area contributed by atoms with Crippen molar-refractivity contribution in [3.05, 3.63) is 29.6 Å². The third-order valence-electron chi connectivity index (χ3n) is 5.32. The van der Waals surface area contributed by atoms with Gasteiger partial charge in [-0.25, -0.2) is 4.39 Å². The van der Waals surface area contributed by atoms with Crippen LogP contribution >= 0.6 is 0 Å². The molecular weight excluding hydrogens is 359 g/mol. The summed E-state index contributed by atoms with van der Waals surface area (Å²) in [5, 5.41) is 6.27. The van der Waals surface area contributed by atoms with Crippen molar-refractivity contribution in [2.24, 2.45) is 10.9 Å². The summed E-state index contributed by atoms with van der Waals surface area (Å²) >= 11 is 0. The minimum atomic E-state index is -0.352. The van der Waals surface area contributed by atoms with Gasteiger partial charge in [-0.05, 0) is 62.6 Å². The fourth-order valence-corrected chi connectivity index (χ4v) is 3.29. The lowest BCUT2D eigenvalue weighted by Crippen LogP contribution is -2.46. The number of rotatable bonds is 7. The number of carbonyl (C=O) groups excluding carboxylic acids is 1. The first kappa shape index (κ1) is 20.4. The summed E-state index contributed by atoms with van der Waals surface area (Å²) in [6.07, 6.45) is 5.68. The van der Waals surface area contributed by atoms with Crippen LogP contribution in [-0.2, 0) is 4.79 Å². The van der Waals surface area contributed by atoms with Crippen LogP contribution in [-0.4, -0.2) is 50.1 Å². The molecule has 0 bridgehead atoms. The van der Waals surface area contributed by atoms with E-state index >= 15 is 0 Å². The molecule has 28 heavy (non-hydrogen) atoms. The SMILES string of the molecule is CN=C(NCC(=O)N1CCCCC1)NC(C)c1ccc(OCC2CC2)c(F)c1. The summed E-state index contributed by atoms with van der Waals surface area (Å²) in [5.41, 5.74) is 0.793. The van der Waals surface area contributed by atoms with Gasteiger partial charge in [-0.3, -0.25) is 9.79 Å². The molecule has 0 aromatic heterocycles. The van der Waals surface area contributed by atoms with Crippen LogP contribution in [0.25, 0.3) is 0 Å². The number of amides is 1. The van der Waals surface area contributed by atoms with Crippen LogP contribution in [0.5, 0.6) is 5.75 Å². The van der Waals surface area contributed by atoms with Gasteiger partial charge in [-0.2, -0.15) is 0 Å². The molecule has 0 radical (unpaired) electrons. The van der Waals surface area contributed by atoms with Gasteiger partial charge in [0.25, 0.3) is 0 Å². The van der Waals surface area contributed by atoms with Crippen LogP contribution in [0.15, 0.2) is 23.2 Å². The zero-order chi connectivity index (χ0) is 19.9. The third-order valence-corrected chi connectivity index (χ3v) is 5.32. The second-order valence-electron chi connectivity index (χ2n) is 7.68. The maximum atomic E-state index is 14.3. The summed E-state index contributed by atoms with van der Waals surface area (Å²) < 4.78 is 19.9. The van der Waals surface area contributed by atoms with E-state index in [1.165, 1.54) is 25.3 Å². The molecule has 1 atom stereocenters. The highest BCUT2D eigenvalue weighted by Gasteiger charge is 2.23. The molecule has 0 spiro atoms. The van der Waals surface area contributed by atoms with Crippen LogP contribution in [0, 0.1) is 11.7 Å². The van der Waals surface area contributed by atoms with Gasteiger partial charge in [-0.15, -0.1) is 0 Å².